The summed E-state index contributed by atoms with van der Waals surface area (Å²) in [6, 6.07) is 38.4. The molecule has 8 aromatic rings. The Hall–Kier alpha value is -5.42. The number of rotatable bonds is 1. The fourth-order valence-electron chi connectivity index (χ4n) is 9.13. The molecule has 0 fully saturated rings. The maximum atomic E-state index is 7.08. The van der Waals surface area contributed by atoms with E-state index in [1.54, 1.807) is 0 Å². The molecule has 2 aliphatic rings. The van der Waals surface area contributed by atoms with Crippen molar-refractivity contribution < 1.29 is 9.47 Å². The Kier molecular flexibility index (Phi) is 6.66. The van der Waals surface area contributed by atoms with Gasteiger partial charge in [-0.05, 0) is 92.4 Å². The average Bonchev–Trinajstić information content (AvgIpc) is 3.61. The van der Waals surface area contributed by atoms with Crippen molar-refractivity contribution >= 4 is 66.7 Å². The molecular weight excluding hydrogens is 659 g/mol. The molecule has 0 bridgehead atoms. The highest BCUT2D eigenvalue weighted by atomic mass is 16.5. The summed E-state index contributed by atoms with van der Waals surface area (Å²) in [6.07, 6.45) is 0. The first-order valence-corrected chi connectivity index (χ1v) is 19.4. The van der Waals surface area contributed by atoms with Crippen LogP contribution in [0.25, 0.3) is 49.3 Å². The van der Waals surface area contributed by atoms with E-state index in [0.717, 1.165) is 34.1 Å². The summed E-state index contributed by atoms with van der Waals surface area (Å²) >= 11 is 0. The van der Waals surface area contributed by atoms with Gasteiger partial charge in [-0.15, -0.1) is 0 Å². The smallest absolute Gasteiger partial charge is 0.263 e. The molecule has 0 radical (unpaired) electrons. The average molecular weight is 707 g/mol. The number of hydrogen-bond donors (Lipinski definition) is 0. The van der Waals surface area contributed by atoms with Crippen molar-refractivity contribution in [2.75, 3.05) is 0 Å². The first kappa shape index (κ1) is 33.2. The summed E-state index contributed by atoms with van der Waals surface area (Å²) in [4.78, 5) is 0. The number of aromatic nitrogens is 2. The Balaban J connectivity index is 1.36. The maximum Gasteiger partial charge on any atom is 0.263 e. The lowest BCUT2D eigenvalue weighted by molar-refractivity contribution is 0.464. The van der Waals surface area contributed by atoms with Gasteiger partial charge >= 0.3 is 0 Å². The standard InChI is InChI=1S/C49H47BN2O2/c1-47(2,3)28-18-21-36-32(24-28)33-25-29(48(4,5)6)19-22-37(33)52(36)38-27-42-45(46-43(38)31-14-11-12-15-35(31)51(46)10)50-34-26-30(49(7,8)9)20-23-39(34)53-40-16-13-17-41(54-42)44(40)50/h11-27H,1-10H3. The molecule has 10 rings (SSSR count). The van der Waals surface area contributed by atoms with Gasteiger partial charge in [0.1, 0.15) is 23.0 Å². The van der Waals surface area contributed by atoms with Crippen molar-refractivity contribution in [3.8, 4) is 28.7 Å². The number of fused-ring (bicyclic) bond motifs is 11. The van der Waals surface area contributed by atoms with Crippen LogP contribution in [0.4, 0.5) is 0 Å². The minimum Gasteiger partial charge on any atom is -0.458 e. The summed E-state index contributed by atoms with van der Waals surface area (Å²) in [6.45, 7) is 20.6. The lowest BCUT2D eigenvalue weighted by Crippen LogP contribution is -2.58. The quantitative estimate of drug-likeness (QED) is 0.159. The second kappa shape index (κ2) is 10.8. The van der Waals surface area contributed by atoms with Crippen LogP contribution in [0.2, 0.25) is 0 Å². The summed E-state index contributed by atoms with van der Waals surface area (Å²) in [5.74, 6) is 3.52. The molecule has 0 spiro atoms. The summed E-state index contributed by atoms with van der Waals surface area (Å²) in [5.41, 5.74) is 13.4. The van der Waals surface area contributed by atoms with E-state index in [4.69, 9.17) is 9.47 Å². The zero-order valence-electron chi connectivity index (χ0n) is 33.1. The van der Waals surface area contributed by atoms with E-state index in [-0.39, 0.29) is 23.0 Å². The van der Waals surface area contributed by atoms with Crippen LogP contribution in [0.15, 0.2) is 103 Å². The molecule has 0 aliphatic carbocycles. The van der Waals surface area contributed by atoms with Gasteiger partial charge in [0, 0.05) is 51.2 Å². The van der Waals surface area contributed by atoms with Gasteiger partial charge in [0.15, 0.2) is 0 Å². The Morgan fingerprint density at radius 2 is 1.04 bits per heavy atom. The third-order valence-electron chi connectivity index (χ3n) is 12.1. The molecular formula is C49H47BN2O2. The van der Waals surface area contributed by atoms with Gasteiger partial charge in [-0.2, -0.15) is 0 Å². The molecule has 2 aliphatic heterocycles. The van der Waals surface area contributed by atoms with E-state index in [9.17, 15) is 0 Å². The number of para-hydroxylation sites is 1. The fraction of sp³-hybridized carbons (Fsp3) is 0.265. The number of nitrogens with zero attached hydrogens (tertiary/aromatic N) is 2. The molecule has 0 N–H and O–H groups in total. The summed E-state index contributed by atoms with van der Waals surface area (Å²) in [7, 11) is 2.22. The van der Waals surface area contributed by atoms with Gasteiger partial charge in [-0.3, -0.25) is 0 Å². The highest BCUT2D eigenvalue weighted by Crippen LogP contribution is 2.45. The Morgan fingerprint density at radius 1 is 0.481 bits per heavy atom. The first-order chi connectivity index (χ1) is 25.6. The predicted molar refractivity (Wildman–Crippen MR) is 229 cm³/mol. The van der Waals surface area contributed by atoms with Crippen LogP contribution in [-0.4, -0.2) is 15.8 Å². The van der Waals surface area contributed by atoms with Crippen LogP contribution in [0.1, 0.15) is 79.0 Å². The monoisotopic (exact) mass is 706 g/mol. The lowest BCUT2D eigenvalue weighted by atomic mass is 9.34. The molecule has 2 aromatic heterocycles. The van der Waals surface area contributed by atoms with E-state index >= 15 is 0 Å². The SMILES string of the molecule is Cn1c2ccccc2c2c(-n3c4ccc(C(C)(C)C)cc4c4cc(C(C)(C)C)ccc43)cc3c(c21)B1c2cc(C(C)(C)C)ccc2Oc2cccc(c21)O3. The van der Waals surface area contributed by atoms with Crippen LogP contribution in [0.5, 0.6) is 23.0 Å². The Labute approximate surface area is 318 Å². The minimum atomic E-state index is -0.0626. The van der Waals surface area contributed by atoms with E-state index < -0.39 is 0 Å². The van der Waals surface area contributed by atoms with Gasteiger partial charge in [-0.1, -0.05) is 111 Å². The van der Waals surface area contributed by atoms with E-state index in [0.29, 0.717) is 0 Å². The molecule has 0 atom stereocenters. The largest absolute Gasteiger partial charge is 0.458 e. The van der Waals surface area contributed by atoms with Crippen molar-refractivity contribution in [1.29, 1.82) is 0 Å². The van der Waals surface area contributed by atoms with Gasteiger partial charge in [0.25, 0.3) is 6.71 Å². The van der Waals surface area contributed by atoms with Crippen molar-refractivity contribution in [3.05, 3.63) is 120 Å². The zero-order valence-corrected chi connectivity index (χ0v) is 33.1. The minimum absolute atomic E-state index is 0.0160. The molecule has 4 heterocycles. The fourth-order valence-corrected chi connectivity index (χ4v) is 9.13. The van der Waals surface area contributed by atoms with E-state index in [1.807, 2.05) is 6.07 Å². The Morgan fingerprint density at radius 3 is 1.65 bits per heavy atom. The van der Waals surface area contributed by atoms with Crippen molar-refractivity contribution in [3.63, 3.8) is 0 Å². The van der Waals surface area contributed by atoms with Crippen molar-refractivity contribution in [2.24, 2.45) is 7.05 Å². The van der Waals surface area contributed by atoms with Gasteiger partial charge in [-0.25, -0.2) is 0 Å². The lowest BCUT2D eigenvalue weighted by Gasteiger charge is -2.34. The topological polar surface area (TPSA) is 28.3 Å². The molecule has 6 aromatic carbocycles. The normalized spacial score (nSPS) is 14.0. The molecule has 268 valence electrons. The van der Waals surface area contributed by atoms with Gasteiger partial charge < -0.3 is 18.6 Å². The van der Waals surface area contributed by atoms with Crippen molar-refractivity contribution in [1.82, 2.24) is 9.13 Å². The highest BCUT2D eigenvalue weighted by Gasteiger charge is 2.43. The number of hydrogen-bond acceptors (Lipinski definition) is 2. The van der Waals surface area contributed by atoms with Crippen LogP contribution in [0.3, 0.4) is 0 Å². The van der Waals surface area contributed by atoms with Gasteiger partial charge in [0.05, 0.1) is 16.7 Å². The molecule has 0 amide bonds. The van der Waals surface area contributed by atoms with E-state index in [2.05, 4.69) is 176 Å². The number of ether oxygens (including phenoxy) is 2. The van der Waals surface area contributed by atoms with Crippen LogP contribution >= 0.6 is 0 Å². The summed E-state index contributed by atoms with van der Waals surface area (Å²) < 4.78 is 18.6. The maximum absolute atomic E-state index is 7.08. The number of benzene rings is 6. The van der Waals surface area contributed by atoms with E-state index in [1.165, 1.54) is 71.2 Å². The first-order valence-electron chi connectivity index (χ1n) is 19.4. The third-order valence-corrected chi connectivity index (χ3v) is 12.1. The molecule has 0 saturated heterocycles. The molecule has 54 heavy (non-hydrogen) atoms. The van der Waals surface area contributed by atoms with Gasteiger partial charge in [0.2, 0.25) is 0 Å². The zero-order chi connectivity index (χ0) is 37.6. The third kappa shape index (κ3) is 4.63. The van der Waals surface area contributed by atoms with Crippen LogP contribution in [-0.2, 0) is 23.3 Å². The molecule has 0 unspecified atom stereocenters. The predicted octanol–water partition coefficient (Wildman–Crippen LogP) is 11.0. The van der Waals surface area contributed by atoms with Crippen LogP contribution in [0, 0.1) is 0 Å². The Bertz CT molecular complexity index is 2830. The molecule has 0 saturated carbocycles. The highest BCUT2D eigenvalue weighted by molar-refractivity contribution is 6.99. The second-order valence-corrected chi connectivity index (χ2v) is 18.7. The number of aryl methyl sites for hydroxylation is 1. The van der Waals surface area contributed by atoms with Crippen molar-refractivity contribution in [2.45, 2.75) is 78.6 Å². The summed E-state index contributed by atoms with van der Waals surface area (Å²) in [5, 5.41) is 5.02. The molecule has 4 nitrogen and oxygen atoms in total. The second-order valence-electron chi connectivity index (χ2n) is 18.7. The van der Waals surface area contributed by atoms with Crippen LogP contribution < -0.4 is 25.9 Å². The molecule has 5 heteroatoms.